The maximum absolute atomic E-state index is 11.3. The van der Waals surface area contributed by atoms with Crippen LogP contribution < -0.4 is 0 Å². The molecule has 1 N–H and O–H groups in total. The smallest absolute Gasteiger partial charge is 0.304 e. The third-order valence-corrected chi connectivity index (χ3v) is 3.97. The van der Waals surface area contributed by atoms with Gasteiger partial charge in [-0.15, -0.1) is 0 Å². The fourth-order valence-corrected chi connectivity index (χ4v) is 3.08. The summed E-state index contributed by atoms with van der Waals surface area (Å²) in [5.74, 6) is -1.03. The molecule has 0 spiro atoms. The van der Waals surface area contributed by atoms with Crippen LogP contribution in [0.5, 0.6) is 0 Å². The van der Waals surface area contributed by atoms with Gasteiger partial charge in [0, 0.05) is 22.8 Å². The fourth-order valence-electron chi connectivity index (χ4n) is 3.08. The van der Waals surface area contributed by atoms with Crippen molar-refractivity contribution in [3.05, 3.63) is 32.4 Å². The summed E-state index contributed by atoms with van der Waals surface area (Å²) in [6.45, 7) is 0.140. The third-order valence-electron chi connectivity index (χ3n) is 3.97. The average molecular weight is 285 g/mol. The molecular formula is C11H15N3O6. The standard InChI is InChI=1S/C11H15N3O6/c15-9(16)2-5-12-7-10(13(17)18)3-1-4-11(6-10,8-12)14(19)20/h1,3H,2,4-8H2,(H,15,16)/t10-,11+/m1/s1. The lowest BCUT2D eigenvalue weighted by atomic mass is 9.72. The molecule has 20 heavy (non-hydrogen) atoms. The van der Waals surface area contributed by atoms with E-state index in [0.29, 0.717) is 0 Å². The highest BCUT2D eigenvalue weighted by atomic mass is 16.6. The molecule has 1 heterocycles. The van der Waals surface area contributed by atoms with E-state index in [1.165, 1.54) is 17.1 Å². The van der Waals surface area contributed by atoms with Gasteiger partial charge in [0.1, 0.15) is 0 Å². The lowest BCUT2D eigenvalue weighted by Crippen LogP contribution is -2.66. The van der Waals surface area contributed by atoms with Crippen molar-refractivity contribution < 1.29 is 19.7 Å². The highest BCUT2D eigenvalue weighted by Gasteiger charge is 2.62. The Morgan fingerprint density at radius 3 is 2.55 bits per heavy atom. The van der Waals surface area contributed by atoms with Crippen molar-refractivity contribution in [3.63, 3.8) is 0 Å². The summed E-state index contributed by atoms with van der Waals surface area (Å²) in [4.78, 5) is 33.8. The summed E-state index contributed by atoms with van der Waals surface area (Å²) in [6, 6.07) is 0. The van der Waals surface area contributed by atoms with Crippen molar-refractivity contribution >= 4 is 5.97 Å². The Kier molecular flexibility index (Phi) is 3.46. The minimum atomic E-state index is -1.48. The monoisotopic (exact) mass is 285 g/mol. The molecule has 0 saturated carbocycles. The van der Waals surface area contributed by atoms with Crippen LogP contribution in [0.25, 0.3) is 0 Å². The van der Waals surface area contributed by atoms with Crippen LogP contribution in [-0.4, -0.2) is 56.5 Å². The Hall–Kier alpha value is -2.03. The molecule has 2 bridgehead atoms. The van der Waals surface area contributed by atoms with Gasteiger partial charge in [-0.2, -0.15) is 0 Å². The molecule has 1 fully saturated rings. The Morgan fingerprint density at radius 2 is 2.00 bits per heavy atom. The number of carboxylic acid groups (broad SMARTS) is 1. The number of likely N-dealkylation sites (tertiary alicyclic amines) is 1. The zero-order valence-electron chi connectivity index (χ0n) is 10.7. The maximum atomic E-state index is 11.3. The second-order valence-electron chi connectivity index (χ2n) is 5.48. The molecular weight excluding hydrogens is 270 g/mol. The van der Waals surface area contributed by atoms with Crippen LogP contribution >= 0.6 is 0 Å². The Balaban J connectivity index is 2.29. The average Bonchev–Trinajstić information content (AvgIpc) is 2.35. The van der Waals surface area contributed by atoms with Crippen molar-refractivity contribution in [3.8, 4) is 0 Å². The minimum absolute atomic E-state index is 0.0133. The van der Waals surface area contributed by atoms with Gasteiger partial charge in [0.2, 0.25) is 5.54 Å². The van der Waals surface area contributed by atoms with Crippen LogP contribution in [0.15, 0.2) is 12.2 Å². The van der Waals surface area contributed by atoms with E-state index in [1.807, 2.05) is 0 Å². The summed E-state index contributed by atoms with van der Waals surface area (Å²) in [5, 5.41) is 31.4. The van der Waals surface area contributed by atoms with Crippen molar-refractivity contribution in [1.29, 1.82) is 0 Å². The summed E-state index contributed by atoms with van der Waals surface area (Å²) >= 11 is 0. The first-order valence-electron chi connectivity index (χ1n) is 6.21. The Morgan fingerprint density at radius 1 is 1.30 bits per heavy atom. The number of nitrogens with zero attached hydrogens (tertiary/aromatic N) is 3. The highest BCUT2D eigenvalue weighted by Crippen LogP contribution is 2.40. The number of hydrogen-bond donors (Lipinski definition) is 1. The zero-order valence-corrected chi connectivity index (χ0v) is 10.7. The van der Waals surface area contributed by atoms with Gasteiger partial charge in [0.25, 0.3) is 5.54 Å². The van der Waals surface area contributed by atoms with E-state index in [1.54, 1.807) is 0 Å². The van der Waals surface area contributed by atoms with Gasteiger partial charge in [-0.05, 0) is 6.08 Å². The van der Waals surface area contributed by atoms with Gasteiger partial charge >= 0.3 is 5.97 Å². The Bertz CT molecular complexity index is 493. The molecule has 0 aromatic carbocycles. The SMILES string of the molecule is O=C(O)CCN1C[C@@]2([N+](=O)[O-])C=CC[C@@]([N+](=O)[O-])(C1)C2. The quantitative estimate of drug-likeness (QED) is 0.433. The molecule has 9 nitrogen and oxygen atoms in total. The third kappa shape index (κ3) is 2.36. The van der Waals surface area contributed by atoms with Crippen LogP contribution in [0.4, 0.5) is 0 Å². The highest BCUT2D eigenvalue weighted by molar-refractivity contribution is 5.66. The molecule has 1 aliphatic heterocycles. The number of hydrogen-bond acceptors (Lipinski definition) is 6. The molecule has 1 aliphatic carbocycles. The van der Waals surface area contributed by atoms with E-state index in [4.69, 9.17) is 5.11 Å². The number of rotatable bonds is 5. The molecule has 2 aliphatic rings. The second kappa shape index (κ2) is 4.82. The van der Waals surface area contributed by atoms with Gasteiger partial charge in [0.05, 0.1) is 25.9 Å². The van der Waals surface area contributed by atoms with Crippen LogP contribution in [0.2, 0.25) is 0 Å². The molecule has 0 aromatic heterocycles. The molecule has 0 unspecified atom stereocenters. The second-order valence-corrected chi connectivity index (χ2v) is 5.48. The van der Waals surface area contributed by atoms with Crippen LogP contribution in [0.3, 0.4) is 0 Å². The van der Waals surface area contributed by atoms with E-state index >= 15 is 0 Å². The number of fused-ring (bicyclic) bond motifs is 2. The van der Waals surface area contributed by atoms with Crippen LogP contribution in [0, 0.1) is 20.2 Å². The minimum Gasteiger partial charge on any atom is -0.481 e. The summed E-state index contributed by atoms with van der Waals surface area (Å²) in [6.07, 6.45) is 2.73. The van der Waals surface area contributed by atoms with Crippen molar-refractivity contribution in [2.24, 2.45) is 0 Å². The predicted molar refractivity (Wildman–Crippen MR) is 66.5 cm³/mol. The van der Waals surface area contributed by atoms with Gasteiger partial charge in [0.15, 0.2) is 0 Å². The number of piperidine rings is 1. The van der Waals surface area contributed by atoms with E-state index in [-0.39, 0.29) is 38.9 Å². The van der Waals surface area contributed by atoms with E-state index < -0.39 is 26.9 Å². The van der Waals surface area contributed by atoms with Crippen molar-refractivity contribution in [2.75, 3.05) is 19.6 Å². The lowest BCUT2D eigenvalue weighted by molar-refractivity contribution is -0.619. The van der Waals surface area contributed by atoms with E-state index in [0.717, 1.165) is 0 Å². The largest absolute Gasteiger partial charge is 0.481 e. The Labute approximate surface area is 114 Å². The molecule has 110 valence electrons. The predicted octanol–water partition coefficient (Wildman–Crippen LogP) is 0.158. The maximum Gasteiger partial charge on any atom is 0.304 e. The summed E-state index contributed by atoms with van der Waals surface area (Å²) in [5.41, 5.74) is -2.87. The topological polar surface area (TPSA) is 127 Å². The molecule has 1 saturated heterocycles. The van der Waals surface area contributed by atoms with Gasteiger partial charge in [-0.25, -0.2) is 0 Å². The zero-order chi connectivity index (χ0) is 15.0. The lowest BCUT2D eigenvalue weighted by Gasteiger charge is -2.43. The molecule has 2 rings (SSSR count). The molecule has 0 radical (unpaired) electrons. The molecule has 0 aromatic rings. The van der Waals surface area contributed by atoms with Gasteiger partial charge in [-0.3, -0.25) is 29.9 Å². The summed E-state index contributed by atoms with van der Waals surface area (Å²) < 4.78 is 0. The first kappa shape index (κ1) is 14.4. The first-order chi connectivity index (χ1) is 9.30. The van der Waals surface area contributed by atoms with Crippen molar-refractivity contribution in [1.82, 2.24) is 4.90 Å². The van der Waals surface area contributed by atoms with Crippen LogP contribution in [-0.2, 0) is 4.79 Å². The van der Waals surface area contributed by atoms with Crippen LogP contribution in [0.1, 0.15) is 19.3 Å². The summed E-state index contributed by atoms with van der Waals surface area (Å²) in [7, 11) is 0. The van der Waals surface area contributed by atoms with Gasteiger partial charge in [-0.1, -0.05) is 6.08 Å². The van der Waals surface area contributed by atoms with Gasteiger partial charge < -0.3 is 5.11 Å². The molecule has 0 amide bonds. The number of nitro groups is 2. The first-order valence-corrected chi connectivity index (χ1v) is 6.21. The van der Waals surface area contributed by atoms with E-state index in [9.17, 15) is 25.0 Å². The van der Waals surface area contributed by atoms with Crippen molar-refractivity contribution in [2.45, 2.75) is 30.3 Å². The fraction of sp³-hybridized carbons (Fsp3) is 0.727. The number of carboxylic acids is 1. The van der Waals surface area contributed by atoms with E-state index in [2.05, 4.69) is 0 Å². The normalized spacial score (nSPS) is 32.8. The molecule has 9 heteroatoms. The molecule has 2 atom stereocenters. The number of carbonyl (C=O) groups is 1. The number of aliphatic carboxylic acids is 1.